The monoisotopic (exact) mass is 289 g/mol. The van der Waals surface area contributed by atoms with Crippen LogP contribution in [0.1, 0.15) is 38.2 Å². The van der Waals surface area contributed by atoms with E-state index in [1.807, 2.05) is 19.1 Å². The number of aliphatic hydroxyl groups excluding tert-OH is 1. The molecule has 0 unspecified atom stereocenters. The van der Waals surface area contributed by atoms with Gasteiger partial charge in [0.25, 0.3) is 0 Å². The number of hydrogen-bond donors (Lipinski definition) is 1. The van der Waals surface area contributed by atoms with Gasteiger partial charge >= 0.3 is 5.97 Å². The standard InChI is InChI=1S/C17H23NO3/c1-2-21-17(20)9-4-3-5-11-18-12-10-15-14(13-19)7-6-8-16(15)18/h6-8,10,12,19H,2-5,9,11,13H2,1H3. The van der Waals surface area contributed by atoms with Crippen LogP contribution in [0.2, 0.25) is 0 Å². The molecular formula is C17H23NO3. The van der Waals surface area contributed by atoms with E-state index >= 15 is 0 Å². The van der Waals surface area contributed by atoms with Crippen molar-refractivity contribution in [2.45, 2.75) is 45.8 Å². The van der Waals surface area contributed by atoms with Crippen molar-refractivity contribution in [1.82, 2.24) is 4.57 Å². The summed E-state index contributed by atoms with van der Waals surface area (Å²) in [6.45, 7) is 3.29. The fraction of sp³-hybridized carbons (Fsp3) is 0.471. The molecule has 4 nitrogen and oxygen atoms in total. The summed E-state index contributed by atoms with van der Waals surface area (Å²) in [6.07, 6.45) is 5.49. The molecule has 0 aliphatic rings. The van der Waals surface area contributed by atoms with Crippen LogP contribution >= 0.6 is 0 Å². The average Bonchev–Trinajstić information content (AvgIpc) is 2.90. The molecule has 0 fully saturated rings. The number of carbonyl (C=O) groups is 1. The van der Waals surface area contributed by atoms with E-state index in [1.165, 1.54) is 0 Å². The van der Waals surface area contributed by atoms with Crippen LogP contribution in [-0.4, -0.2) is 22.2 Å². The Bertz CT molecular complexity index is 589. The second kappa shape index (κ2) is 7.84. The SMILES string of the molecule is CCOC(=O)CCCCCn1ccc2c(CO)cccc21. The van der Waals surface area contributed by atoms with Crippen molar-refractivity contribution in [1.29, 1.82) is 0 Å². The second-order valence-corrected chi connectivity index (χ2v) is 5.13. The number of esters is 1. The van der Waals surface area contributed by atoms with Crippen LogP contribution in [0.3, 0.4) is 0 Å². The van der Waals surface area contributed by atoms with Crippen LogP contribution in [0.4, 0.5) is 0 Å². The summed E-state index contributed by atoms with van der Waals surface area (Å²) >= 11 is 0. The average molecular weight is 289 g/mol. The van der Waals surface area contributed by atoms with E-state index in [0.717, 1.165) is 42.3 Å². The van der Waals surface area contributed by atoms with Crippen LogP contribution in [0.5, 0.6) is 0 Å². The Balaban J connectivity index is 1.83. The van der Waals surface area contributed by atoms with Gasteiger partial charge in [0, 0.05) is 30.1 Å². The first kappa shape index (κ1) is 15.6. The number of nitrogens with zero attached hydrogens (tertiary/aromatic N) is 1. The summed E-state index contributed by atoms with van der Waals surface area (Å²) in [6, 6.07) is 8.06. The zero-order valence-corrected chi connectivity index (χ0v) is 12.5. The lowest BCUT2D eigenvalue weighted by atomic mass is 10.1. The van der Waals surface area contributed by atoms with Gasteiger partial charge in [-0.1, -0.05) is 18.6 Å². The highest BCUT2D eigenvalue weighted by molar-refractivity contribution is 5.83. The van der Waals surface area contributed by atoms with Crippen molar-refractivity contribution < 1.29 is 14.6 Å². The fourth-order valence-corrected chi connectivity index (χ4v) is 2.58. The highest BCUT2D eigenvalue weighted by Crippen LogP contribution is 2.21. The lowest BCUT2D eigenvalue weighted by molar-refractivity contribution is -0.143. The Hall–Kier alpha value is -1.81. The molecule has 0 radical (unpaired) electrons. The first-order valence-corrected chi connectivity index (χ1v) is 7.59. The van der Waals surface area contributed by atoms with E-state index in [4.69, 9.17) is 4.74 Å². The largest absolute Gasteiger partial charge is 0.466 e. The predicted molar refractivity (Wildman–Crippen MR) is 83.0 cm³/mol. The normalized spacial score (nSPS) is 11.0. The highest BCUT2D eigenvalue weighted by Gasteiger charge is 2.05. The van der Waals surface area contributed by atoms with Gasteiger partial charge in [-0.15, -0.1) is 0 Å². The van der Waals surface area contributed by atoms with Crippen LogP contribution in [-0.2, 0) is 22.7 Å². The molecular weight excluding hydrogens is 266 g/mol. The topological polar surface area (TPSA) is 51.5 Å². The maximum absolute atomic E-state index is 11.2. The number of fused-ring (bicyclic) bond motifs is 1. The molecule has 0 saturated heterocycles. The molecule has 1 heterocycles. The van der Waals surface area contributed by atoms with Gasteiger partial charge in [0.2, 0.25) is 0 Å². The molecule has 114 valence electrons. The van der Waals surface area contributed by atoms with Gasteiger partial charge in [-0.05, 0) is 37.5 Å². The van der Waals surface area contributed by atoms with Gasteiger partial charge in [-0.25, -0.2) is 0 Å². The Kier molecular flexibility index (Phi) is 5.81. The van der Waals surface area contributed by atoms with Crippen molar-refractivity contribution in [3.05, 3.63) is 36.0 Å². The maximum Gasteiger partial charge on any atom is 0.305 e. The molecule has 0 aliphatic carbocycles. The molecule has 0 saturated carbocycles. The van der Waals surface area contributed by atoms with E-state index in [1.54, 1.807) is 0 Å². The van der Waals surface area contributed by atoms with Crippen molar-refractivity contribution in [3.63, 3.8) is 0 Å². The number of aryl methyl sites for hydroxylation is 1. The van der Waals surface area contributed by atoms with Gasteiger partial charge in [0.05, 0.1) is 13.2 Å². The quantitative estimate of drug-likeness (QED) is 0.599. The third kappa shape index (κ3) is 4.08. The van der Waals surface area contributed by atoms with E-state index in [0.29, 0.717) is 13.0 Å². The van der Waals surface area contributed by atoms with Crippen molar-refractivity contribution in [2.75, 3.05) is 6.61 Å². The third-order valence-corrected chi connectivity index (χ3v) is 3.66. The first-order valence-electron chi connectivity index (χ1n) is 7.59. The highest BCUT2D eigenvalue weighted by atomic mass is 16.5. The minimum atomic E-state index is -0.100. The molecule has 1 aromatic carbocycles. The summed E-state index contributed by atoms with van der Waals surface area (Å²) in [7, 11) is 0. The molecule has 0 bridgehead atoms. The molecule has 1 aromatic heterocycles. The Morgan fingerprint density at radius 2 is 2.10 bits per heavy atom. The predicted octanol–water partition coefficient (Wildman–Crippen LogP) is 3.26. The maximum atomic E-state index is 11.2. The van der Waals surface area contributed by atoms with E-state index in [2.05, 4.69) is 22.9 Å². The van der Waals surface area contributed by atoms with Crippen molar-refractivity contribution in [3.8, 4) is 0 Å². The number of carbonyl (C=O) groups excluding carboxylic acids is 1. The summed E-state index contributed by atoms with van der Waals surface area (Å²) < 4.78 is 7.12. The number of aliphatic hydroxyl groups is 1. The number of unbranched alkanes of at least 4 members (excludes halogenated alkanes) is 2. The van der Waals surface area contributed by atoms with Gasteiger partial charge in [-0.3, -0.25) is 4.79 Å². The zero-order valence-electron chi connectivity index (χ0n) is 12.5. The smallest absolute Gasteiger partial charge is 0.305 e. The summed E-state index contributed by atoms with van der Waals surface area (Å²) in [5, 5.41) is 10.5. The number of aromatic nitrogens is 1. The minimum Gasteiger partial charge on any atom is -0.466 e. The van der Waals surface area contributed by atoms with Crippen LogP contribution in [0, 0.1) is 0 Å². The molecule has 2 rings (SSSR count). The number of ether oxygens (including phenoxy) is 1. The molecule has 4 heteroatoms. The van der Waals surface area contributed by atoms with Gasteiger partial charge in [-0.2, -0.15) is 0 Å². The van der Waals surface area contributed by atoms with E-state index < -0.39 is 0 Å². The summed E-state index contributed by atoms with van der Waals surface area (Å²) in [5.74, 6) is -0.100. The Labute approximate surface area is 125 Å². The van der Waals surface area contributed by atoms with Crippen LogP contribution in [0.15, 0.2) is 30.5 Å². The molecule has 0 spiro atoms. The Morgan fingerprint density at radius 1 is 1.24 bits per heavy atom. The first-order chi connectivity index (χ1) is 10.3. The second-order valence-electron chi connectivity index (χ2n) is 5.13. The zero-order chi connectivity index (χ0) is 15.1. The van der Waals surface area contributed by atoms with Crippen molar-refractivity contribution in [2.24, 2.45) is 0 Å². The fourth-order valence-electron chi connectivity index (χ4n) is 2.58. The molecule has 21 heavy (non-hydrogen) atoms. The molecule has 1 N–H and O–H groups in total. The van der Waals surface area contributed by atoms with Gasteiger partial charge in [0.1, 0.15) is 0 Å². The summed E-state index contributed by atoms with van der Waals surface area (Å²) in [4.78, 5) is 11.2. The molecule has 0 atom stereocenters. The molecule has 0 amide bonds. The van der Waals surface area contributed by atoms with E-state index in [9.17, 15) is 9.90 Å². The summed E-state index contributed by atoms with van der Waals surface area (Å²) in [5.41, 5.74) is 2.13. The van der Waals surface area contributed by atoms with Crippen LogP contribution < -0.4 is 0 Å². The number of hydrogen-bond acceptors (Lipinski definition) is 3. The number of rotatable bonds is 8. The lowest BCUT2D eigenvalue weighted by Gasteiger charge is -2.06. The van der Waals surface area contributed by atoms with Crippen molar-refractivity contribution >= 4 is 16.9 Å². The number of benzene rings is 1. The minimum absolute atomic E-state index is 0.0703. The third-order valence-electron chi connectivity index (χ3n) is 3.66. The molecule has 0 aliphatic heterocycles. The van der Waals surface area contributed by atoms with Gasteiger partial charge in [0.15, 0.2) is 0 Å². The van der Waals surface area contributed by atoms with Crippen LogP contribution in [0.25, 0.3) is 10.9 Å². The lowest BCUT2D eigenvalue weighted by Crippen LogP contribution is -2.03. The molecule has 2 aromatic rings. The Morgan fingerprint density at radius 3 is 2.86 bits per heavy atom. The van der Waals surface area contributed by atoms with Gasteiger partial charge < -0.3 is 14.4 Å². The van der Waals surface area contributed by atoms with E-state index in [-0.39, 0.29) is 12.6 Å².